The Morgan fingerprint density at radius 2 is 1.47 bits per heavy atom. The van der Waals surface area contributed by atoms with Crippen molar-refractivity contribution in [1.29, 1.82) is 0 Å². The van der Waals surface area contributed by atoms with E-state index in [4.69, 9.17) is 4.74 Å². The number of halogens is 3. The summed E-state index contributed by atoms with van der Waals surface area (Å²) in [7, 11) is 0. The summed E-state index contributed by atoms with van der Waals surface area (Å²) in [5, 5.41) is 0. The summed E-state index contributed by atoms with van der Waals surface area (Å²) < 4.78 is 45.0. The van der Waals surface area contributed by atoms with Gasteiger partial charge in [-0.25, -0.2) is 0 Å². The first-order chi connectivity index (χ1) is 9.01. The zero-order chi connectivity index (χ0) is 14.1. The zero-order valence-electron chi connectivity index (χ0n) is 10.4. The van der Waals surface area contributed by atoms with Crippen molar-refractivity contribution in [1.82, 2.24) is 0 Å². The number of rotatable bonds is 8. The lowest BCUT2D eigenvalue weighted by molar-refractivity contribution is -0.274. The number of hydrogen-bond donors (Lipinski definition) is 1. The molecule has 1 aromatic carbocycles. The molecule has 0 fully saturated rings. The maximum Gasteiger partial charge on any atom is 0.573 e. The summed E-state index contributed by atoms with van der Waals surface area (Å²) in [6.07, 6.45) is -0.461. The second-order valence-corrected chi connectivity index (χ2v) is 4.45. The summed E-state index contributed by atoms with van der Waals surface area (Å²) in [5.74, 6) is 1.19. The van der Waals surface area contributed by atoms with Gasteiger partial charge in [-0.05, 0) is 42.9 Å². The van der Waals surface area contributed by atoms with E-state index >= 15 is 0 Å². The van der Waals surface area contributed by atoms with Gasteiger partial charge in [-0.2, -0.15) is 12.6 Å². The van der Waals surface area contributed by atoms with Crippen LogP contribution in [0, 0.1) is 0 Å². The van der Waals surface area contributed by atoms with Crippen molar-refractivity contribution in [2.75, 3.05) is 12.4 Å². The summed E-state index contributed by atoms with van der Waals surface area (Å²) in [6.45, 7) is 0.562. The van der Waals surface area contributed by atoms with Crippen LogP contribution in [-0.2, 0) is 0 Å². The Balaban J connectivity index is 2.25. The third-order valence-electron chi connectivity index (χ3n) is 2.38. The number of hydrogen-bond acceptors (Lipinski definition) is 3. The Hall–Kier alpha value is -1.04. The molecule has 108 valence electrons. The van der Waals surface area contributed by atoms with Gasteiger partial charge in [-0.15, -0.1) is 13.2 Å². The lowest BCUT2D eigenvalue weighted by Gasteiger charge is -2.10. The first-order valence-corrected chi connectivity index (χ1v) is 6.74. The van der Waals surface area contributed by atoms with E-state index in [1.54, 1.807) is 0 Å². The van der Waals surface area contributed by atoms with Gasteiger partial charge in [-0.1, -0.05) is 12.8 Å². The van der Waals surface area contributed by atoms with E-state index in [1.165, 1.54) is 24.3 Å². The quantitative estimate of drug-likeness (QED) is 0.564. The topological polar surface area (TPSA) is 18.5 Å². The van der Waals surface area contributed by atoms with Crippen molar-refractivity contribution in [2.24, 2.45) is 0 Å². The fraction of sp³-hybridized carbons (Fsp3) is 0.538. The van der Waals surface area contributed by atoms with Gasteiger partial charge in [0.05, 0.1) is 6.61 Å². The van der Waals surface area contributed by atoms with Crippen LogP contribution in [0.3, 0.4) is 0 Å². The van der Waals surface area contributed by atoms with Crippen LogP contribution in [0.25, 0.3) is 0 Å². The number of benzene rings is 1. The largest absolute Gasteiger partial charge is 0.573 e. The van der Waals surface area contributed by atoms with Crippen molar-refractivity contribution >= 4 is 12.6 Å². The minimum absolute atomic E-state index is 0.242. The molecule has 0 unspecified atom stereocenters. The van der Waals surface area contributed by atoms with E-state index < -0.39 is 6.36 Å². The molecule has 0 saturated carbocycles. The molecule has 0 amide bonds. The molecule has 19 heavy (non-hydrogen) atoms. The molecule has 0 aliphatic carbocycles. The normalized spacial score (nSPS) is 11.4. The minimum atomic E-state index is -4.66. The van der Waals surface area contributed by atoms with Crippen LogP contribution in [-0.4, -0.2) is 18.7 Å². The highest BCUT2D eigenvalue weighted by Crippen LogP contribution is 2.24. The van der Waals surface area contributed by atoms with Crippen LogP contribution in [0.1, 0.15) is 25.7 Å². The predicted molar refractivity (Wildman–Crippen MR) is 70.9 cm³/mol. The van der Waals surface area contributed by atoms with E-state index in [2.05, 4.69) is 17.4 Å². The highest BCUT2D eigenvalue weighted by molar-refractivity contribution is 7.80. The molecule has 0 atom stereocenters. The lowest BCUT2D eigenvalue weighted by atomic mass is 10.2. The van der Waals surface area contributed by atoms with Crippen LogP contribution >= 0.6 is 12.6 Å². The molecule has 0 heterocycles. The number of thiol groups is 1. The predicted octanol–water partition coefficient (Wildman–Crippen LogP) is 4.45. The molecule has 0 radical (unpaired) electrons. The van der Waals surface area contributed by atoms with Gasteiger partial charge in [0.2, 0.25) is 0 Å². The van der Waals surface area contributed by atoms with Crippen LogP contribution < -0.4 is 9.47 Å². The van der Waals surface area contributed by atoms with Crippen LogP contribution in [0.15, 0.2) is 24.3 Å². The van der Waals surface area contributed by atoms with Gasteiger partial charge < -0.3 is 9.47 Å². The van der Waals surface area contributed by atoms with E-state index in [-0.39, 0.29) is 5.75 Å². The van der Waals surface area contributed by atoms with Crippen molar-refractivity contribution in [3.8, 4) is 11.5 Å². The molecule has 0 aromatic heterocycles. The summed E-state index contributed by atoms with van der Waals surface area (Å²) in [5.41, 5.74) is 0. The monoisotopic (exact) mass is 294 g/mol. The molecule has 1 aromatic rings. The molecular weight excluding hydrogens is 277 g/mol. The Bertz CT molecular complexity index is 352. The number of alkyl halides is 3. The molecule has 0 aliphatic heterocycles. The lowest BCUT2D eigenvalue weighted by Crippen LogP contribution is -2.16. The molecular formula is C13H17F3O2S. The third kappa shape index (κ3) is 7.87. The molecule has 0 saturated heterocycles. The number of unbranched alkanes of at least 4 members (excludes halogenated alkanes) is 3. The Morgan fingerprint density at radius 1 is 0.895 bits per heavy atom. The summed E-state index contributed by atoms with van der Waals surface area (Å²) in [6, 6.07) is 5.41. The first-order valence-electron chi connectivity index (χ1n) is 6.11. The number of ether oxygens (including phenoxy) is 2. The van der Waals surface area contributed by atoms with Crippen LogP contribution in [0.5, 0.6) is 11.5 Å². The van der Waals surface area contributed by atoms with Crippen LogP contribution in [0.2, 0.25) is 0 Å². The van der Waals surface area contributed by atoms with E-state index in [0.717, 1.165) is 31.4 Å². The van der Waals surface area contributed by atoms with E-state index in [1.807, 2.05) is 0 Å². The highest BCUT2D eigenvalue weighted by Gasteiger charge is 2.30. The minimum Gasteiger partial charge on any atom is -0.494 e. The molecule has 2 nitrogen and oxygen atoms in total. The van der Waals surface area contributed by atoms with E-state index in [0.29, 0.717) is 12.4 Å². The van der Waals surface area contributed by atoms with Gasteiger partial charge in [0.1, 0.15) is 11.5 Å². The molecule has 0 aliphatic rings. The molecule has 1 rings (SSSR count). The van der Waals surface area contributed by atoms with Crippen LogP contribution in [0.4, 0.5) is 13.2 Å². The third-order valence-corrected chi connectivity index (χ3v) is 2.69. The maximum atomic E-state index is 11.9. The second kappa shape index (κ2) is 8.19. The average molecular weight is 294 g/mol. The maximum absolute atomic E-state index is 11.9. The second-order valence-electron chi connectivity index (χ2n) is 4.01. The SMILES string of the molecule is FC(F)(F)Oc1ccc(OCCCCCCS)cc1. The van der Waals surface area contributed by atoms with Crippen molar-refractivity contribution in [3.63, 3.8) is 0 Å². The van der Waals surface area contributed by atoms with Crippen molar-refractivity contribution in [3.05, 3.63) is 24.3 Å². The smallest absolute Gasteiger partial charge is 0.494 e. The Kier molecular flexibility index (Phi) is 6.91. The summed E-state index contributed by atoms with van der Waals surface area (Å²) in [4.78, 5) is 0. The molecule has 6 heteroatoms. The highest BCUT2D eigenvalue weighted by atomic mass is 32.1. The van der Waals surface area contributed by atoms with Gasteiger partial charge in [0.15, 0.2) is 0 Å². The first kappa shape index (κ1) is 16.0. The molecule has 0 N–H and O–H groups in total. The zero-order valence-corrected chi connectivity index (χ0v) is 11.3. The fourth-order valence-electron chi connectivity index (χ4n) is 1.49. The standard InChI is InChI=1S/C13H17F3O2S/c14-13(15,16)18-12-7-5-11(6-8-12)17-9-3-1-2-4-10-19/h5-8,19H,1-4,9-10H2. The molecule has 0 spiro atoms. The van der Waals surface area contributed by atoms with Gasteiger partial charge >= 0.3 is 6.36 Å². The average Bonchev–Trinajstić information content (AvgIpc) is 2.34. The van der Waals surface area contributed by atoms with Gasteiger partial charge in [0, 0.05) is 0 Å². The summed E-state index contributed by atoms with van der Waals surface area (Å²) >= 11 is 4.12. The van der Waals surface area contributed by atoms with Crippen molar-refractivity contribution in [2.45, 2.75) is 32.0 Å². The fourth-order valence-corrected chi connectivity index (χ4v) is 1.72. The Labute approximate surface area is 116 Å². The van der Waals surface area contributed by atoms with E-state index in [9.17, 15) is 13.2 Å². The van der Waals surface area contributed by atoms with Crippen molar-refractivity contribution < 1.29 is 22.6 Å². The van der Waals surface area contributed by atoms with Gasteiger partial charge in [0.25, 0.3) is 0 Å². The Morgan fingerprint density at radius 3 is 2.05 bits per heavy atom. The molecule has 0 bridgehead atoms. The van der Waals surface area contributed by atoms with Gasteiger partial charge in [-0.3, -0.25) is 0 Å².